The zero-order valence-corrected chi connectivity index (χ0v) is 14.7. The molecule has 1 aromatic heterocycles. The van der Waals surface area contributed by atoms with E-state index < -0.39 is 36.2 Å². The topological polar surface area (TPSA) is 103 Å². The number of alkyl halides is 3. The molecular weight excluding hydrogens is 367 g/mol. The summed E-state index contributed by atoms with van der Waals surface area (Å²) in [4.78, 5) is 9.14. The van der Waals surface area contributed by atoms with E-state index in [1.54, 1.807) is 0 Å². The summed E-state index contributed by atoms with van der Waals surface area (Å²) >= 11 is 0. The molecule has 3 heterocycles. The lowest BCUT2D eigenvalue weighted by atomic mass is 9.97. The van der Waals surface area contributed by atoms with Gasteiger partial charge in [0.15, 0.2) is 5.69 Å². The van der Waals surface area contributed by atoms with Gasteiger partial charge in [0, 0.05) is 19.6 Å². The Morgan fingerprint density at radius 2 is 2.04 bits per heavy atom. The van der Waals surface area contributed by atoms with Gasteiger partial charge < -0.3 is 25.6 Å². The van der Waals surface area contributed by atoms with Crippen LogP contribution in [0.1, 0.15) is 12.1 Å². The molecule has 0 amide bonds. The Hall–Kier alpha value is -1.53. The molecule has 2 aliphatic heterocycles. The third kappa shape index (κ3) is 5.26. The van der Waals surface area contributed by atoms with E-state index in [9.17, 15) is 23.4 Å². The van der Waals surface area contributed by atoms with Crippen molar-refractivity contribution >= 4 is 5.82 Å². The predicted molar refractivity (Wildman–Crippen MR) is 90.1 cm³/mol. The van der Waals surface area contributed by atoms with Gasteiger partial charge in [-0.1, -0.05) is 0 Å². The van der Waals surface area contributed by atoms with Crippen LogP contribution in [0.2, 0.25) is 0 Å². The molecular formula is C16H24F3N5O3. The van der Waals surface area contributed by atoms with Crippen molar-refractivity contribution in [1.82, 2.24) is 20.2 Å². The minimum Gasteiger partial charge on any atom is -0.388 e. The number of anilines is 1. The monoisotopic (exact) mass is 391 g/mol. The zero-order valence-electron chi connectivity index (χ0n) is 14.7. The van der Waals surface area contributed by atoms with E-state index in [2.05, 4.69) is 25.5 Å². The van der Waals surface area contributed by atoms with E-state index in [0.717, 1.165) is 38.8 Å². The highest BCUT2D eigenvalue weighted by Crippen LogP contribution is 2.28. The summed E-state index contributed by atoms with van der Waals surface area (Å²) in [6, 6.07) is -0.792. The number of nitrogens with zero attached hydrogens (tertiary/aromatic N) is 3. The number of hydrogen-bond donors (Lipinski definition) is 4. The first-order valence-corrected chi connectivity index (χ1v) is 8.91. The number of hydrogen-bond acceptors (Lipinski definition) is 8. The van der Waals surface area contributed by atoms with Crippen molar-refractivity contribution in [2.24, 2.45) is 0 Å². The van der Waals surface area contributed by atoms with Gasteiger partial charge in [-0.3, -0.25) is 9.88 Å². The number of aliphatic hydroxyl groups is 2. The van der Waals surface area contributed by atoms with Gasteiger partial charge in [-0.25, -0.2) is 4.98 Å². The zero-order chi connectivity index (χ0) is 19.4. The second kappa shape index (κ2) is 8.65. The van der Waals surface area contributed by atoms with E-state index in [1.807, 2.05) is 0 Å². The van der Waals surface area contributed by atoms with Crippen LogP contribution in [-0.4, -0.2) is 88.8 Å². The van der Waals surface area contributed by atoms with Crippen LogP contribution in [0.15, 0.2) is 12.4 Å². The lowest BCUT2D eigenvalue weighted by molar-refractivity contribution is -0.146. The molecule has 4 atom stereocenters. The molecule has 0 radical (unpaired) electrons. The van der Waals surface area contributed by atoms with Crippen molar-refractivity contribution in [3.63, 3.8) is 0 Å². The molecule has 0 saturated carbocycles. The Morgan fingerprint density at radius 1 is 1.22 bits per heavy atom. The van der Waals surface area contributed by atoms with Gasteiger partial charge in [0.1, 0.15) is 18.0 Å². The van der Waals surface area contributed by atoms with Crippen LogP contribution < -0.4 is 10.6 Å². The van der Waals surface area contributed by atoms with Crippen LogP contribution in [0.5, 0.6) is 0 Å². The highest BCUT2D eigenvalue weighted by atomic mass is 19.4. The summed E-state index contributed by atoms with van der Waals surface area (Å²) in [7, 11) is 0. The molecule has 11 heteroatoms. The Morgan fingerprint density at radius 3 is 2.81 bits per heavy atom. The highest BCUT2D eigenvalue weighted by Gasteiger charge is 2.40. The van der Waals surface area contributed by atoms with Crippen molar-refractivity contribution in [2.75, 3.05) is 44.6 Å². The molecule has 8 nitrogen and oxygen atoms in total. The predicted octanol–water partition coefficient (Wildman–Crippen LogP) is -0.308. The van der Waals surface area contributed by atoms with E-state index in [-0.39, 0.29) is 12.4 Å². The minimum absolute atomic E-state index is 0.0346. The third-order valence-electron chi connectivity index (χ3n) is 4.76. The molecule has 0 unspecified atom stereocenters. The van der Waals surface area contributed by atoms with Crippen LogP contribution in [0.25, 0.3) is 0 Å². The number of aliphatic hydroxyl groups excluding tert-OH is 2. The summed E-state index contributed by atoms with van der Waals surface area (Å²) < 4.78 is 43.9. The Balaban J connectivity index is 1.58. The van der Waals surface area contributed by atoms with Crippen LogP contribution in [0.4, 0.5) is 19.0 Å². The summed E-state index contributed by atoms with van der Waals surface area (Å²) in [5, 5.41) is 26.7. The molecule has 2 saturated heterocycles. The van der Waals surface area contributed by atoms with E-state index >= 15 is 0 Å². The summed E-state index contributed by atoms with van der Waals surface area (Å²) in [5.41, 5.74) is -1.13. The first kappa shape index (κ1) is 20.2. The number of ether oxygens (including phenoxy) is 1. The van der Waals surface area contributed by atoms with Crippen molar-refractivity contribution in [1.29, 1.82) is 0 Å². The molecule has 0 spiro atoms. The van der Waals surface area contributed by atoms with Gasteiger partial charge in [-0.2, -0.15) is 13.2 Å². The van der Waals surface area contributed by atoms with Crippen molar-refractivity contribution in [2.45, 2.75) is 37.0 Å². The van der Waals surface area contributed by atoms with Crippen molar-refractivity contribution < 1.29 is 28.1 Å². The maximum atomic E-state index is 12.7. The van der Waals surface area contributed by atoms with Gasteiger partial charge in [-0.05, 0) is 19.5 Å². The molecule has 1 aromatic rings. The van der Waals surface area contributed by atoms with E-state index in [1.165, 1.54) is 0 Å². The van der Waals surface area contributed by atoms with Gasteiger partial charge in [-0.15, -0.1) is 0 Å². The molecule has 2 aliphatic rings. The standard InChI is InChI=1S/C16H24F3N5O3/c17-16(18,19)12-6-21-7-13(23-12)22-10-9-27-11(15(26)14(10)25)8-24-4-1-2-20-3-5-24/h6-7,10-11,14-15,20,25-26H,1-5,8-9H2,(H,22,23)/t10-,11+,14+,15-/m0/s1. The average Bonchev–Trinajstić information content (AvgIpc) is 2.90. The number of rotatable bonds is 4. The lowest BCUT2D eigenvalue weighted by Gasteiger charge is -2.39. The van der Waals surface area contributed by atoms with Gasteiger partial charge in [0.05, 0.1) is 31.1 Å². The summed E-state index contributed by atoms with van der Waals surface area (Å²) in [5.74, 6) is -0.137. The van der Waals surface area contributed by atoms with E-state index in [4.69, 9.17) is 4.74 Å². The molecule has 4 N–H and O–H groups in total. The fourth-order valence-electron chi connectivity index (χ4n) is 3.27. The first-order valence-electron chi connectivity index (χ1n) is 8.91. The maximum absolute atomic E-state index is 12.7. The SMILES string of the molecule is O[C@@H]1[C@H](O)[C@@H](Nc2cncc(C(F)(F)F)n2)CO[C@@H]1CN1CCCNCC1. The van der Waals surface area contributed by atoms with Crippen molar-refractivity contribution in [3.05, 3.63) is 18.1 Å². The first-order chi connectivity index (χ1) is 12.8. The van der Waals surface area contributed by atoms with Crippen LogP contribution in [-0.2, 0) is 10.9 Å². The van der Waals surface area contributed by atoms with Gasteiger partial charge in [0.2, 0.25) is 0 Å². The molecule has 0 aliphatic carbocycles. The Bertz CT molecular complexity index is 613. The van der Waals surface area contributed by atoms with Crippen LogP contribution >= 0.6 is 0 Å². The third-order valence-corrected chi connectivity index (χ3v) is 4.76. The molecule has 0 aromatic carbocycles. The average molecular weight is 391 g/mol. The summed E-state index contributed by atoms with van der Waals surface area (Å²) in [6.07, 6.45) is -4.80. The largest absolute Gasteiger partial charge is 0.434 e. The van der Waals surface area contributed by atoms with Gasteiger partial charge >= 0.3 is 6.18 Å². The smallest absolute Gasteiger partial charge is 0.388 e. The number of aromatic nitrogens is 2. The number of halogens is 3. The maximum Gasteiger partial charge on any atom is 0.434 e. The number of nitrogens with one attached hydrogen (secondary N) is 2. The van der Waals surface area contributed by atoms with E-state index in [0.29, 0.717) is 12.7 Å². The van der Waals surface area contributed by atoms with Crippen LogP contribution in [0, 0.1) is 0 Å². The Kier molecular flexibility index (Phi) is 6.48. The molecule has 27 heavy (non-hydrogen) atoms. The lowest BCUT2D eigenvalue weighted by Crippen LogP contribution is -2.58. The molecule has 0 bridgehead atoms. The normalized spacial score (nSPS) is 30.7. The van der Waals surface area contributed by atoms with Crippen LogP contribution in [0.3, 0.4) is 0 Å². The minimum atomic E-state index is -4.61. The summed E-state index contributed by atoms with van der Waals surface area (Å²) in [6.45, 7) is 4.01. The molecule has 152 valence electrons. The van der Waals surface area contributed by atoms with Crippen molar-refractivity contribution in [3.8, 4) is 0 Å². The fourth-order valence-corrected chi connectivity index (χ4v) is 3.27. The van der Waals surface area contributed by atoms with Gasteiger partial charge in [0.25, 0.3) is 0 Å². The Labute approximate surface area is 154 Å². The molecule has 3 rings (SSSR count). The fraction of sp³-hybridized carbons (Fsp3) is 0.750. The quantitative estimate of drug-likeness (QED) is 0.555. The second-order valence-corrected chi connectivity index (χ2v) is 6.80. The highest BCUT2D eigenvalue weighted by molar-refractivity contribution is 5.34. The second-order valence-electron chi connectivity index (χ2n) is 6.80. The molecule has 2 fully saturated rings.